The van der Waals surface area contributed by atoms with E-state index < -0.39 is 0 Å². The molecule has 0 fully saturated rings. The van der Waals surface area contributed by atoms with Gasteiger partial charge in [0, 0.05) is 12.8 Å². The molecule has 0 amide bonds. The van der Waals surface area contributed by atoms with Crippen LogP contribution in [0.5, 0.6) is 0 Å². The fourth-order valence-electron chi connectivity index (χ4n) is 2.48. The summed E-state index contributed by atoms with van der Waals surface area (Å²) in [5.74, 6) is -0.404. The first-order valence-corrected chi connectivity index (χ1v) is 10.0. The molecule has 0 bridgehead atoms. The quantitative estimate of drug-likeness (QED) is 0.256. The smallest absolute Gasteiger partial charge is 0.305 e. The standard InChI is InChI=1S/C20H38O4/c1-3-5-7-8-9-10-11-13-18-24-20(22)16-14-15-19(21)23-17-12-6-4-2/h3-18H2,1-2H3. The zero-order valence-electron chi connectivity index (χ0n) is 15.9. The van der Waals surface area contributed by atoms with E-state index in [4.69, 9.17) is 9.47 Å². The maximum Gasteiger partial charge on any atom is 0.305 e. The summed E-state index contributed by atoms with van der Waals surface area (Å²) in [6.07, 6.45) is 14.1. The fourth-order valence-corrected chi connectivity index (χ4v) is 2.48. The lowest BCUT2D eigenvalue weighted by Gasteiger charge is -2.06. The summed E-state index contributed by atoms with van der Waals surface area (Å²) in [6.45, 7) is 5.34. The van der Waals surface area contributed by atoms with Gasteiger partial charge in [-0.3, -0.25) is 9.59 Å². The van der Waals surface area contributed by atoms with Crippen LogP contribution in [0.1, 0.15) is 104 Å². The Labute approximate surface area is 148 Å². The summed E-state index contributed by atoms with van der Waals surface area (Å²) in [6, 6.07) is 0. The molecule has 0 aliphatic carbocycles. The van der Waals surface area contributed by atoms with Crippen LogP contribution in [0, 0.1) is 0 Å². The monoisotopic (exact) mass is 342 g/mol. The van der Waals surface area contributed by atoms with Gasteiger partial charge in [-0.2, -0.15) is 0 Å². The average molecular weight is 343 g/mol. The zero-order valence-corrected chi connectivity index (χ0v) is 15.9. The lowest BCUT2D eigenvalue weighted by molar-refractivity contribution is -0.145. The topological polar surface area (TPSA) is 52.6 Å². The van der Waals surface area contributed by atoms with E-state index in [0.29, 0.717) is 32.5 Å². The maximum absolute atomic E-state index is 11.6. The minimum atomic E-state index is -0.207. The molecule has 0 N–H and O–H groups in total. The van der Waals surface area contributed by atoms with Crippen LogP contribution < -0.4 is 0 Å². The Morgan fingerprint density at radius 2 is 0.917 bits per heavy atom. The summed E-state index contributed by atoms with van der Waals surface area (Å²) >= 11 is 0. The fraction of sp³-hybridized carbons (Fsp3) is 0.900. The van der Waals surface area contributed by atoms with Crippen molar-refractivity contribution in [1.29, 1.82) is 0 Å². The number of carbonyl (C=O) groups excluding carboxylic acids is 2. The van der Waals surface area contributed by atoms with Crippen molar-refractivity contribution in [1.82, 2.24) is 0 Å². The van der Waals surface area contributed by atoms with E-state index in [9.17, 15) is 9.59 Å². The molecule has 0 heterocycles. The SMILES string of the molecule is CCCCCCCCCCOC(=O)CCCC(=O)OCCCCC. The molecular weight excluding hydrogens is 304 g/mol. The van der Waals surface area contributed by atoms with Gasteiger partial charge >= 0.3 is 11.9 Å². The normalized spacial score (nSPS) is 10.6. The number of esters is 2. The highest BCUT2D eigenvalue weighted by atomic mass is 16.5. The highest BCUT2D eigenvalue weighted by molar-refractivity contribution is 5.72. The van der Waals surface area contributed by atoms with Crippen LogP contribution in [0.2, 0.25) is 0 Å². The molecular formula is C20H38O4. The van der Waals surface area contributed by atoms with E-state index in [0.717, 1.165) is 32.1 Å². The van der Waals surface area contributed by atoms with Gasteiger partial charge in [-0.1, -0.05) is 71.6 Å². The van der Waals surface area contributed by atoms with Crippen LogP contribution in [0.4, 0.5) is 0 Å². The summed E-state index contributed by atoms with van der Waals surface area (Å²) in [5, 5.41) is 0. The van der Waals surface area contributed by atoms with E-state index in [1.165, 1.54) is 38.5 Å². The van der Waals surface area contributed by atoms with Gasteiger partial charge in [0.15, 0.2) is 0 Å². The van der Waals surface area contributed by atoms with Crippen molar-refractivity contribution in [3.63, 3.8) is 0 Å². The molecule has 0 rings (SSSR count). The van der Waals surface area contributed by atoms with Crippen molar-refractivity contribution >= 4 is 11.9 Å². The summed E-state index contributed by atoms with van der Waals surface area (Å²) in [7, 11) is 0. The van der Waals surface area contributed by atoms with Crippen molar-refractivity contribution in [3.8, 4) is 0 Å². The molecule has 0 unspecified atom stereocenters. The van der Waals surface area contributed by atoms with Crippen molar-refractivity contribution in [2.24, 2.45) is 0 Å². The summed E-state index contributed by atoms with van der Waals surface area (Å²) < 4.78 is 10.3. The molecule has 0 spiro atoms. The first kappa shape index (κ1) is 22.9. The van der Waals surface area contributed by atoms with Crippen molar-refractivity contribution in [2.75, 3.05) is 13.2 Å². The molecule has 142 valence electrons. The van der Waals surface area contributed by atoms with Crippen molar-refractivity contribution < 1.29 is 19.1 Å². The molecule has 0 aromatic rings. The third-order valence-corrected chi connectivity index (χ3v) is 4.03. The zero-order chi connectivity index (χ0) is 17.9. The second-order valence-electron chi connectivity index (χ2n) is 6.48. The summed E-state index contributed by atoms with van der Waals surface area (Å²) in [4.78, 5) is 23.0. The molecule has 0 aliphatic rings. The van der Waals surface area contributed by atoms with Crippen LogP contribution in [-0.2, 0) is 19.1 Å². The highest BCUT2D eigenvalue weighted by Gasteiger charge is 2.07. The van der Waals surface area contributed by atoms with Gasteiger partial charge in [0.25, 0.3) is 0 Å². The number of carbonyl (C=O) groups is 2. The Bertz CT molecular complexity index is 302. The Balaban J connectivity index is 3.30. The minimum absolute atomic E-state index is 0.197. The van der Waals surface area contributed by atoms with Crippen LogP contribution >= 0.6 is 0 Å². The predicted octanol–water partition coefficient (Wildman–Crippen LogP) is 5.57. The number of rotatable bonds is 17. The largest absolute Gasteiger partial charge is 0.466 e. The van der Waals surface area contributed by atoms with E-state index in [-0.39, 0.29) is 11.9 Å². The Kier molecular flexibility index (Phi) is 17.5. The van der Waals surface area contributed by atoms with Gasteiger partial charge in [0.1, 0.15) is 0 Å². The van der Waals surface area contributed by atoms with Crippen LogP contribution in [-0.4, -0.2) is 25.2 Å². The van der Waals surface area contributed by atoms with Gasteiger partial charge < -0.3 is 9.47 Å². The molecule has 0 aromatic heterocycles. The molecule has 0 saturated carbocycles. The van der Waals surface area contributed by atoms with Gasteiger partial charge in [-0.05, 0) is 19.3 Å². The van der Waals surface area contributed by atoms with E-state index in [1.807, 2.05) is 0 Å². The van der Waals surface area contributed by atoms with Crippen molar-refractivity contribution in [3.05, 3.63) is 0 Å². The number of hydrogen-bond donors (Lipinski definition) is 0. The molecule has 0 aliphatic heterocycles. The third kappa shape index (κ3) is 17.3. The maximum atomic E-state index is 11.6. The number of unbranched alkanes of at least 4 members (excludes halogenated alkanes) is 9. The van der Waals surface area contributed by atoms with E-state index in [2.05, 4.69) is 13.8 Å². The van der Waals surface area contributed by atoms with Crippen LogP contribution in [0.25, 0.3) is 0 Å². The molecule has 0 atom stereocenters. The Morgan fingerprint density at radius 1 is 0.542 bits per heavy atom. The highest BCUT2D eigenvalue weighted by Crippen LogP contribution is 2.09. The molecule has 24 heavy (non-hydrogen) atoms. The van der Waals surface area contributed by atoms with E-state index >= 15 is 0 Å². The molecule has 0 saturated heterocycles. The first-order chi connectivity index (χ1) is 11.7. The second-order valence-corrected chi connectivity index (χ2v) is 6.48. The number of ether oxygens (including phenoxy) is 2. The van der Waals surface area contributed by atoms with Crippen LogP contribution in [0.15, 0.2) is 0 Å². The Hall–Kier alpha value is -1.06. The van der Waals surface area contributed by atoms with Gasteiger partial charge in [0.05, 0.1) is 13.2 Å². The predicted molar refractivity (Wildman–Crippen MR) is 97.9 cm³/mol. The Morgan fingerprint density at radius 3 is 1.42 bits per heavy atom. The second kappa shape index (κ2) is 18.3. The molecule has 0 aromatic carbocycles. The molecule has 4 nitrogen and oxygen atoms in total. The van der Waals surface area contributed by atoms with Gasteiger partial charge in [-0.25, -0.2) is 0 Å². The van der Waals surface area contributed by atoms with E-state index in [1.54, 1.807) is 0 Å². The molecule has 0 radical (unpaired) electrons. The molecule has 4 heteroatoms. The van der Waals surface area contributed by atoms with Crippen molar-refractivity contribution in [2.45, 2.75) is 104 Å². The first-order valence-electron chi connectivity index (χ1n) is 10.0. The lowest BCUT2D eigenvalue weighted by atomic mass is 10.1. The lowest BCUT2D eigenvalue weighted by Crippen LogP contribution is -2.09. The van der Waals surface area contributed by atoms with Crippen LogP contribution in [0.3, 0.4) is 0 Å². The summed E-state index contributed by atoms with van der Waals surface area (Å²) in [5.41, 5.74) is 0. The minimum Gasteiger partial charge on any atom is -0.466 e. The number of hydrogen-bond acceptors (Lipinski definition) is 4. The average Bonchev–Trinajstić information content (AvgIpc) is 2.57. The van der Waals surface area contributed by atoms with Gasteiger partial charge in [0.2, 0.25) is 0 Å². The third-order valence-electron chi connectivity index (χ3n) is 4.03. The van der Waals surface area contributed by atoms with Gasteiger partial charge in [-0.15, -0.1) is 0 Å².